The van der Waals surface area contributed by atoms with E-state index in [4.69, 9.17) is 0 Å². The van der Waals surface area contributed by atoms with Crippen LogP contribution in [0.5, 0.6) is 0 Å². The number of carbonyl (C=O) groups excluding carboxylic acids is 1. The summed E-state index contributed by atoms with van der Waals surface area (Å²) in [5.41, 5.74) is 4.88. The molecule has 2 N–H and O–H groups in total. The summed E-state index contributed by atoms with van der Waals surface area (Å²) in [6.45, 7) is 1.99. The van der Waals surface area contributed by atoms with Crippen LogP contribution in [0.15, 0.2) is 59.8 Å². The van der Waals surface area contributed by atoms with E-state index in [2.05, 4.69) is 20.9 Å². The van der Waals surface area contributed by atoms with Crippen LogP contribution in [0.4, 0.5) is 10.1 Å². The fraction of sp³-hybridized carbons (Fsp3) is 0.211. The molecule has 3 aromatic rings. The molecule has 0 radical (unpaired) electrons. The molecule has 27 heavy (non-hydrogen) atoms. The topological polar surface area (TPSA) is 71.8 Å². The van der Waals surface area contributed by atoms with Gasteiger partial charge in [-0.05, 0) is 29.8 Å². The van der Waals surface area contributed by atoms with Crippen LogP contribution in [0, 0.1) is 5.82 Å². The van der Waals surface area contributed by atoms with Crippen molar-refractivity contribution in [3.63, 3.8) is 0 Å². The first-order chi connectivity index (χ1) is 13.2. The van der Waals surface area contributed by atoms with Gasteiger partial charge < -0.3 is 10.7 Å². The van der Waals surface area contributed by atoms with Crippen molar-refractivity contribution in [2.75, 3.05) is 10.7 Å². The number of amides is 1. The number of nitrogens with one attached hydrogen (secondary N) is 2. The zero-order valence-corrected chi connectivity index (χ0v) is 15.4. The Morgan fingerprint density at radius 3 is 2.63 bits per heavy atom. The average molecular weight is 383 g/mol. The van der Waals surface area contributed by atoms with Gasteiger partial charge in [-0.25, -0.2) is 9.07 Å². The molecule has 2 atom stereocenters. The van der Waals surface area contributed by atoms with E-state index >= 15 is 0 Å². The number of carbonyl (C=O) groups is 1. The van der Waals surface area contributed by atoms with Crippen LogP contribution in [-0.2, 0) is 11.2 Å². The maximum Gasteiger partial charge on any atom is 0.240 e. The summed E-state index contributed by atoms with van der Waals surface area (Å²) in [6.07, 6.45) is 0.706. The van der Waals surface area contributed by atoms with E-state index < -0.39 is 5.25 Å². The van der Waals surface area contributed by atoms with Gasteiger partial charge in [-0.2, -0.15) is 0 Å². The molecule has 1 aliphatic rings. The molecular weight excluding hydrogens is 365 g/mol. The zero-order chi connectivity index (χ0) is 18.8. The first-order valence-corrected chi connectivity index (χ1v) is 9.52. The van der Waals surface area contributed by atoms with Crippen LogP contribution in [-0.4, -0.2) is 26.0 Å². The van der Waals surface area contributed by atoms with Crippen LogP contribution in [0.2, 0.25) is 0 Å². The molecule has 1 aliphatic heterocycles. The van der Waals surface area contributed by atoms with E-state index in [1.54, 1.807) is 12.1 Å². The Labute approximate surface area is 160 Å². The molecule has 0 aliphatic carbocycles. The van der Waals surface area contributed by atoms with E-state index in [-0.39, 0.29) is 17.8 Å². The molecule has 0 bridgehead atoms. The summed E-state index contributed by atoms with van der Waals surface area (Å²) in [5, 5.41) is 11.4. The second-order valence-electron chi connectivity index (χ2n) is 6.14. The average Bonchev–Trinajstić information content (AvgIpc) is 3.10. The number of aromatic nitrogens is 3. The molecule has 2 unspecified atom stereocenters. The summed E-state index contributed by atoms with van der Waals surface area (Å²) in [7, 11) is 0. The number of benzene rings is 2. The molecule has 0 fully saturated rings. The molecule has 2 heterocycles. The van der Waals surface area contributed by atoms with Crippen LogP contribution in [0.3, 0.4) is 0 Å². The van der Waals surface area contributed by atoms with Crippen LogP contribution >= 0.6 is 11.8 Å². The van der Waals surface area contributed by atoms with Gasteiger partial charge in [0.15, 0.2) is 5.82 Å². The fourth-order valence-corrected chi connectivity index (χ4v) is 4.08. The Bertz CT molecular complexity index is 944. The third-order valence-electron chi connectivity index (χ3n) is 4.35. The first kappa shape index (κ1) is 17.5. The lowest BCUT2D eigenvalue weighted by molar-refractivity contribution is -0.116. The third kappa shape index (κ3) is 3.52. The lowest BCUT2D eigenvalue weighted by Crippen LogP contribution is -2.41. The molecule has 2 aromatic carbocycles. The predicted octanol–water partition coefficient (Wildman–Crippen LogP) is 3.38. The Morgan fingerprint density at radius 1 is 1.19 bits per heavy atom. The number of rotatable bonds is 4. The predicted molar refractivity (Wildman–Crippen MR) is 103 cm³/mol. The molecule has 6 nitrogen and oxygen atoms in total. The van der Waals surface area contributed by atoms with Crippen LogP contribution in [0.1, 0.15) is 24.4 Å². The van der Waals surface area contributed by atoms with Gasteiger partial charge in [0.2, 0.25) is 11.1 Å². The smallest absolute Gasteiger partial charge is 0.240 e. The van der Waals surface area contributed by atoms with Crippen molar-refractivity contribution < 1.29 is 9.18 Å². The number of hydrogen-bond acceptors (Lipinski definition) is 5. The van der Waals surface area contributed by atoms with Crippen molar-refractivity contribution >= 4 is 23.4 Å². The zero-order valence-electron chi connectivity index (χ0n) is 14.6. The highest BCUT2D eigenvalue weighted by molar-refractivity contribution is 8.00. The van der Waals surface area contributed by atoms with Gasteiger partial charge in [-0.3, -0.25) is 4.79 Å². The van der Waals surface area contributed by atoms with Crippen molar-refractivity contribution in [1.29, 1.82) is 0 Å². The van der Waals surface area contributed by atoms with Gasteiger partial charge in [0.1, 0.15) is 11.1 Å². The van der Waals surface area contributed by atoms with Crippen molar-refractivity contribution in [2.24, 2.45) is 0 Å². The highest BCUT2D eigenvalue weighted by Crippen LogP contribution is 2.37. The van der Waals surface area contributed by atoms with Crippen molar-refractivity contribution in [2.45, 2.75) is 29.8 Å². The molecule has 4 rings (SSSR count). The molecule has 138 valence electrons. The summed E-state index contributed by atoms with van der Waals surface area (Å²) in [4.78, 5) is 13.0. The highest BCUT2D eigenvalue weighted by Gasteiger charge is 2.37. The SMILES string of the molecule is CCc1nnc2n1NC(c1ccc(F)cc1)C(C(=O)Nc1ccccc1)S2. The highest BCUT2D eigenvalue weighted by atomic mass is 32.2. The number of aryl methyl sites for hydroxylation is 1. The monoisotopic (exact) mass is 383 g/mol. The quantitative estimate of drug-likeness (QED) is 0.723. The van der Waals surface area contributed by atoms with Gasteiger partial charge >= 0.3 is 0 Å². The van der Waals surface area contributed by atoms with Crippen LogP contribution < -0.4 is 10.7 Å². The van der Waals surface area contributed by atoms with Crippen molar-refractivity contribution in [1.82, 2.24) is 14.9 Å². The van der Waals surface area contributed by atoms with E-state index in [0.717, 1.165) is 17.1 Å². The summed E-state index contributed by atoms with van der Waals surface area (Å²) >= 11 is 1.35. The lowest BCUT2D eigenvalue weighted by atomic mass is 10.0. The Kier molecular flexibility index (Phi) is 4.81. The summed E-state index contributed by atoms with van der Waals surface area (Å²) < 4.78 is 15.2. The Hall–Kier alpha value is -2.87. The molecule has 0 saturated carbocycles. The summed E-state index contributed by atoms with van der Waals surface area (Å²) in [5.74, 6) is 0.318. The molecule has 8 heteroatoms. The molecule has 1 amide bonds. The number of fused-ring (bicyclic) bond motifs is 1. The number of anilines is 1. The number of hydrogen-bond donors (Lipinski definition) is 2. The van der Waals surface area contributed by atoms with E-state index in [1.807, 2.05) is 41.9 Å². The van der Waals surface area contributed by atoms with E-state index in [1.165, 1.54) is 23.9 Å². The second kappa shape index (κ2) is 7.40. The van der Waals surface area contributed by atoms with Crippen LogP contribution in [0.25, 0.3) is 0 Å². The summed E-state index contributed by atoms with van der Waals surface area (Å²) in [6, 6.07) is 15.1. The lowest BCUT2D eigenvalue weighted by Gasteiger charge is -2.33. The Balaban J connectivity index is 1.67. The van der Waals surface area contributed by atoms with Gasteiger partial charge in [0.25, 0.3) is 0 Å². The standard InChI is InChI=1S/C19H18FN5OS/c1-2-15-22-23-19-25(15)24-16(12-8-10-13(20)11-9-12)17(27-19)18(26)21-14-6-4-3-5-7-14/h3-11,16-17,24H,2H2,1H3,(H,21,26). The number of thioether (sulfide) groups is 1. The minimum absolute atomic E-state index is 0.152. The first-order valence-electron chi connectivity index (χ1n) is 8.64. The maximum atomic E-state index is 13.4. The van der Waals surface area contributed by atoms with Gasteiger partial charge in [0, 0.05) is 12.1 Å². The number of nitrogens with zero attached hydrogens (tertiary/aromatic N) is 3. The van der Waals surface area contributed by atoms with E-state index in [9.17, 15) is 9.18 Å². The maximum absolute atomic E-state index is 13.4. The third-order valence-corrected chi connectivity index (χ3v) is 5.56. The molecule has 1 aromatic heterocycles. The normalized spacial score (nSPS) is 18.4. The minimum atomic E-state index is -0.489. The van der Waals surface area contributed by atoms with E-state index in [0.29, 0.717) is 11.6 Å². The molecular formula is C19H18FN5OS. The Morgan fingerprint density at radius 2 is 1.93 bits per heavy atom. The second-order valence-corrected chi connectivity index (χ2v) is 7.25. The van der Waals surface area contributed by atoms with Gasteiger partial charge in [0.05, 0.1) is 6.04 Å². The van der Waals surface area contributed by atoms with Gasteiger partial charge in [-0.15, -0.1) is 10.2 Å². The number of para-hydroxylation sites is 1. The largest absolute Gasteiger partial charge is 0.325 e. The fourth-order valence-electron chi connectivity index (χ4n) is 2.98. The van der Waals surface area contributed by atoms with Crippen molar-refractivity contribution in [3.8, 4) is 0 Å². The molecule has 0 saturated heterocycles. The minimum Gasteiger partial charge on any atom is -0.325 e. The molecule has 0 spiro atoms. The number of halogens is 1. The van der Waals surface area contributed by atoms with Gasteiger partial charge in [-0.1, -0.05) is 49.0 Å². The van der Waals surface area contributed by atoms with Crippen molar-refractivity contribution in [3.05, 3.63) is 71.8 Å².